The second-order valence-electron chi connectivity index (χ2n) is 4.41. The van der Waals surface area contributed by atoms with Gasteiger partial charge in [0.1, 0.15) is 13.2 Å². The molecular weight excluding hydrogens is 275 g/mol. The van der Waals surface area contributed by atoms with Gasteiger partial charge in [0.25, 0.3) is 5.91 Å². The van der Waals surface area contributed by atoms with E-state index in [0.29, 0.717) is 18.5 Å². The van der Waals surface area contributed by atoms with Crippen LogP contribution in [0.5, 0.6) is 0 Å². The molecule has 1 aliphatic heterocycles. The van der Waals surface area contributed by atoms with Crippen LogP contribution < -0.4 is 5.32 Å². The largest absolute Gasteiger partial charge is 0.411 e. The molecule has 7 heteroatoms. The summed E-state index contributed by atoms with van der Waals surface area (Å²) in [4.78, 5) is 23.3. The van der Waals surface area contributed by atoms with Gasteiger partial charge in [0.05, 0.1) is 0 Å². The lowest BCUT2D eigenvalue weighted by atomic mass is 9.97. The van der Waals surface area contributed by atoms with Gasteiger partial charge in [-0.25, -0.2) is 0 Å². The van der Waals surface area contributed by atoms with E-state index in [-0.39, 0.29) is 11.5 Å². The van der Waals surface area contributed by atoms with Crippen molar-refractivity contribution in [2.45, 2.75) is 12.6 Å². The SMILES string of the molecule is O=C(COCC(F)(F)F)c1ccc2c(c1)C(=O)NCC2. The zero-order chi connectivity index (χ0) is 14.8. The van der Waals surface area contributed by atoms with Gasteiger partial charge in [0.2, 0.25) is 0 Å². The molecule has 0 spiro atoms. The molecule has 0 fully saturated rings. The number of rotatable bonds is 4. The Labute approximate surface area is 112 Å². The summed E-state index contributed by atoms with van der Waals surface area (Å²) in [6, 6.07) is 4.53. The molecule has 0 aromatic heterocycles. The minimum Gasteiger partial charge on any atom is -0.364 e. The summed E-state index contributed by atoms with van der Waals surface area (Å²) in [6.45, 7) is -1.60. The van der Waals surface area contributed by atoms with Crippen molar-refractivity contribution < 1.29 is 27.5 Å². The highest BCUT2D eigenvalue weighted by Crippen LogP contribution is 2.17. The Bertz CT molecular complexity index is 540. The molecule has 1 N–H and O–H groups in total. The third-order valence-corrected chi connectivity index (χ3v) is 2.86. The maximum atomic E-state index is 11.9. The zero-order valence-electron chi connectivity index (χ0n) is 10.4. The summed E-state index contributed by atoms with van der Waals surface area (Å²) in [7, 11) is 0. The monoisotopic (exact) mass is 287 g/mol. The smallest absolute Gasteiger partial charge is 0.364 e. The van der Waals surface area contributed by atoms with Crippen molar-refractivity contribution in [1.29, 1.82) is 0 Å². The summed E-state index contributed by atoms with van der Waals surface area (Å²) in [5, 5.41) is 2.64. The molecular formula is C13H12F3NO3. The number of ketones is 1. The Morgan fingerprint density at radius 3 is 2.80 bits per heavy atom. The number of hydrogen-bond acceptors (Lipinski definition) is 3. The second-order valence-corrected chi connectivity index (χ2v) is 4.41. The normalized spacial score (nSPS) is 14.7. The van der Waals surface area contributed by atoms with Crippen LogP contribution in [0.25, 0.3) is 0 Å². The van der Waals surface area contributed by atoms with E-state index in [2.05, 4.69) is 10.1 Å². The van der Waals surface area contributed by atoms with Gasteiger partial charge < -0.3 is 10.1 Å². The number of ether oxygens (including phenoxy) is 1. The fourth-order valence-corrected chi connectivity index (χ4v) is 1.93. The van der Waals surface area contributed by atoms with Gasteiger partial charge in [0, 0.05) is 17.7 Å². The van der Waals surface area contributed by atoms with E-state index < -0.39 is 25.2 Å². The van der Waals surface area contributed by atoms with E-state index >= 15 is 0 Å². The number of benzene rings is 1. The topological polar surface area (TPSA) is 55.4 Å². The number of halogens is 3. The predicted octanol–water partition coefficient (Wildman–Crippen LogP) is 1.73. The molecule has 108 valence electrons. The van der Waals surface area contributed by atoms with Crippen molar-refractivity contribution in [3.05, 3.63) is 34.9 Å². The van der Waals surface area contributed by atoms with E-state index in [0.717, 1.165) is 5.56 Å². The number of amides is 1. The highest BCUT2D eigenvalue weighted by atomic mass is 19.4. The average molecular weight is 287 g/mol. The first kappa shape index (κ1) is 14.5. The summed E-state index contributed by atoms with van der Waals surface area (Å²) in [5.74, 6) is -0.868. The maximum Gasteiger partial charge on any atom is 0.411 e. The molecule has 0 saturated heterocycles. The number of fused-ring (bicyclic) bond motifs is 1. The van der Waals surface area contributed by atoms with Crippen molar-refractivity contribution in [2.75, 3.05) is 19.8 Å². The van der Waals surface area contributed by atoms with Crippen LogP contribution >= 0.6 is 0 Å². The van der Waals surface area contributed by atoms with Crippen LogP contribution in [-0.2, 0) is 11.2 Å². The van der Waals surface area contributed by atoms with Crippen molar-refractivity contribution in [1.82, 2.24) is 5.32 Å². The van der Waals surface area contributed by atoms with E-state index in [1.807, 2.05) is 0 Å². The van der Waals surface area contributed by atoms with Gasteiger partial charge in [-0.1, -0.05) is 12.1 Å². The van der Waals surface area contributed by atoms with Gasteiger partial charge >= 0.3 is 6.18 Å². The minimum absolute atomic E-state index is 0.169. The fraction of sp³-hybridized carbons (Fsp3) is 0.385. The Hall–Kier alpha value is -1.89. The van der Waals surface area contributed by atoms with E-state index in [1.54, 1.807) is 6.07 Å². The van der Waals surface area contributed by atoms with Crippen LogP contribution in [0, 0.1) is 0 Å². The lowest BCUT2D eigenvalue weighted by molar-refractivity contribution is -0.170. The summed E-state index contributed by atoms with van der Waals surface area (Å²) >= 11 is 0. The average Bonchev–Trinajstić information content (AvgIpc) is 2.37. The Balaban J connectivity index is 2.04. The first-order valence-electron chi connectivity index (χ1n) is 5.95. The molecule has 0 radical (unpaired) electrons. The van der Waals surface area contributed by atoms with Gasteiger partial charge in [-0.05, 0) is 18.1 Å². The van der Waals surface area contributed by atoms with Crippen LogP contribution in [-0.4, -0.2) is 37.6 Å². The molecule has 20 heavy (non-hydrogen) atoms. The van der Waals surface area contributed by atoms with Gasteiger partial charge in [-0.3, -0.25) is 9.59 Å². The predicted molar refractivity (Wildman–Crippen MR) is 63.7 cm³/mol. The third kappa shape index (κ3) is 3.57. The molecule has 1 aliphatic rings. The van der Waals surface area contributed by atoms with Gasteiger partial charge in [-0.2, -0.15) is 13.2 Å². The minimum atomic E-state index is -4.46. The summed E-state index contributed by atoms with van der Waals surface area (Å²) in [6.07, 6.45) is -3.80. The van der Waals surface area contributed by atoms with Crippen molar-refractivity contribution >= 4 is 11.7 Å². The lowest BCUT2D eigenvalue weighted by Crippen LogP contribution is -2.32. The first-order valence-corrected chi connectivity index (χ1v) is 5.95. The van der Waals surface area contributed by atoms with Crippen LogP contribution in [0.4, 0.5) is 13.2 Å². The highest BCUT2D eigenvalue weighted by molar-refractivity contribution is 6.02. The van der Waals surface area contributed by atoms with Crippen LogP contribution in [0.15, 0.2) is 18.2 Å². The molecule has 0 bridgehead atoms. The number of alkyl halides is 3. The van der Waals surface area contributed by atoms with Crippen molar-refractivity contribution in [3.8, 4) is 0 Å². The molecule has 1 amide bonds. The molecule has 0 atom stereocenters. The fourth-order valence-electron chi connectivity index (χ4n) is 1.93. The number of hydrogen-bond donors (Lipinski definition) is 1. The quantitative estimate of drug-likeness (QED) is 0.858. The van der Waals surface area contributed by atoms with Gasteiger partial charge in [-0.15, -0.1) is 0 Å². The van der Waals surface area contributed by atoms with Crippen LogP contribution in [0.2, 0.25) is 0 Å². The van der Waals surface area contributed by atoms with Crippen LogP contribution in [0.3, 0.4) is 0 Å². The molecule has 2 rings (SSSR count). The molecule has 0 aliphatic carbocycles. The second kappa shape index (κ2) is 5.62. The molecule has 1 aromatic carbocycles. The van der Waals surface area contributed by atoms with Crippen molar-refractivity contribution in [3.63, 3.8) is 0 Å². The summed E-state index contributed by atoms with van der Waals surface area (Å²) in [5.41, 5.74) is 1.38. The van der Waals surface area contributed by atoms with Gasteiger partial charge in [0.15, 0.2) is 5.78 Å². The highest BCUT2D eigenvalue weighted by Gasteiger charge is 2.28. The molecule has 0 unspecified atom stereocenters. The van der Waals surface area contributed by atoms with E-state index in [1.165, 1.54) is 12.1 Å². The molecule has 1 aromatic rings. The number of nitrogens with one attached hydrogen (secondary N) is 1. The number of Topliss-reactive ketones (excluding diaryl/α,β-unsaturated/α-hetero) is 1. The van der Waals surface area contributed by atoms with Crippen LogP contribution in [0.1, 0.15) is 26.3 Å². The maximum absolute atomic E-state index is 11.9. The molecule has 1 heterocycles. The Kier molecular flexibility index (Phi) is 4.08. The third-order valence-electron chi connectivity index (χ3n) is 2.86. The lowest BCUT2D eigenvalue weighted by Gasteiger charge is -2.16. The van der Waals surface area contributed by atoms with Crippen molar-refractivity contribution in [2.24, 2.45) is 0 Å². The van der Waals surface area contributed by atoms with E-state index in [4.69, 9.17) is 0 Å². The summed E-state index contributed by atoms with van der Waals surface area (Å²) < 4.78 is 40.0. The molecule has 4 nitrogen and oxygen atoms in total. The number of carbonyl (C=O) groups excluding carboxylic acids is 2. The van der Waals surface area contributed by atoms with E-state index in [9.17, 15) is 22.8 Å². The molecule has 0 saturated carbocycles. The zero-order valence-corrected chi connectivity index (χ0v) is 10.4. The Morgan fingerprint density at radius 1 is 1.35 bits per heavy atom. The Morgan fingerprint density at radius 2 is 2.10 bits per heavy atom. The standard InChI is InChI=1S/C13H12F3NO3/c14-13(15,16)7-20-6-11(18)9-2-1-8-3-4-17-12(19)10(8)5-9/h1-2,5H,3-4,6-7H2,(H,17,19). The number of carbonyl (C=O) groups is 2. The first-order chi connectivity index (χ1) is 9.37.